The Morgan fingerprint density at radius 2 is 2.29 bits per heavy atom. The van der Waals surface area contributed by atoms with E-state index in [1.807, 2.05) is 13.0 Å². The minimum atomic E-state index is -3.09. The van der Waals surface area contributed by atoms with Crippen LogP contribution < -0.4 is 4.72 Å². The van der Waals surface area contributed by atoms with Gasteiger partial charge < -0.3 is 0 Å². The average Bonchev–Trinajstić information content (AvgIpc) is 2.87. The molecule has 2 heterocycles. The van der Waals surface area contributed by atoms with Gasteiger partial charge in [0, 0.05) is 25.8 Å². The van der Waals surface area contributed by atoms with E-state index in [0.29, 0.717) is 24.0 Å². The molecular weight excluding hydrogens is 310 g/mol. The van der Waals surface area contributed by atoms with Gasteiger partial charge in [0.05, 0.1) is 5.75 Å². The topological polar surface area (TPSA) is 62.3 Å². The summed E-state index contributed by atoms with van der Waals surface area (Å²) in [6.45, 7) is 5.15. The van der Waals surface area contributed by atoms with Crippen molar-refractivity contribution in [1.82, 2.24) is 14.6 Å². The Labute approximate surface area is 131 Å². The summed E-state index contributed by atoms with van der Waals surface area (Å²) in [7, 11) is -3.09. The lowest BCUT2D eigenvalue weighted by atomic mass is 10.1. The maximum absolute atomic E-state index is 11.6. The second-order valence-electron chi connectivity index (χ2n) is 5.55. The third-order valence-electron chi connectivity index (χ3n) is 3.63. The van der Waals surface area contributed by atoms with Crippen LogP contribution in [0.2, 0.25) is 5.15 Å². The number of nitrogens with one attached hydrogen (secondary N) is 1. The van der Waals surface area contributed by atoms with Gasteiger partial charge in [-0.25, -0.2) is 18.1 Å². The standard InChI is InChI=1S/C14H22ClN3O2S/c1-2-7-21(19,20)17-9-13-5-6-18(11-13)10-12-3-4-14(15)16-8-12/h3-4,8,13,17H,2,5-7,9-11H2,1H3. The molecule has 1 saturated heterocycles. The van der Waals surface area contributed by atoms with Crippen molar-refractivity contribution in [3.8, 4) is 0 Å². The molecular formula is C14H22ClN3O2S. The quantitative estimate of drug-likeness (QED) is 0.775. The molecule has 1 aromatic heterocycles. The Bertz CT molecular complexity index is 548. The molecule has 118 valence electrons. The molecule has 1 aliphatic heterocycles. The lowest BCUT2D eigenvalue weighted by Gasteiger charge is -2.16. The Kier molecular flexibility index (Phi) is 5.98. The number of pyridine rings is 1. The molecule has 0 radical (unpaired) electrons. The molecule has 2 rings (SSSR count). The number of halogens is 1. The molecule has 1 N–H and O–H groups in total. The van der Waals surface area contributed by atoms with Crippen molar-refractivity contribution in [2.75, 3.05) is 25.4 Å². The predicted molar refractivity (Wildman–Crippen MR) is 84.7 cm³/mol. The zero-order valence-corrected chi connectivity index (χ0v) is 13.8. The molecule has 1 fully saturated rings. The van der Waals surface area contributed by atoms with Crippen LogP contribution >= 0.6 is 11.6 Å². The first-order chi connectivity index (χ1) is 9.98. The second kappa shape index (κ2) is 7.54. The average molecular weight is 332 g/mol. The van der Waals surface area contributed by atoms with Crippen LogP contribution in [-0.4, -0.2) is 43.7 Å². The summed E-state index contributed by atoms with van der Waals surface area (Å²) in [4.78, 5) is 6.40. The van der Waals surface area contributed by atoms with Crippen LogP contribution in [0.1, 0.15) is 25.3 Å². The van der Waals surface area contributed by atoms with Crippen molar-refractivity contribution in [2.45, 2.75) is 26.3 Å². The van der Waals surface area contributed by atoms with E-state index in [1.54, 1.807) is 12.3 Å². The van der Waals surface area contributed by atoms with Gasteiger partial charge in [0.25, 0.3) is 0 Å². The Morgan fingerprint density at radius 3 is 2.95 bits per heavy atom. The van der Waals surface area contributed by atoms with Crippen LogP contribution in [0.25, 0.3) is 0 Å². The predicted octanol–water partition coefficient (Wildman–Crippen LogP) is 1.89. The largest absolute Gasteiger partial charge is 0.299 e. The first-order valence-corrected chi connectivity index (χ1v) is 9.31. The van der Waals surface area contributed by atoms with Gasteiger partial charge in [-0.3, -0.25) is 4.90 Å². The van der Waals surface area contributed by atoms with Gasteiger partial charge in [-0.05, 0) is 36.9 Å². The molecule has 0 amide bonds. The van der Waals surface area contributed by atoms with Crippen LogP contribution in [0.15, 0.2) is 18.3 Å². The summed E-state index contributed by atoms with van der Waals surface area (Å²) in [5.41, 5.74) is 1.13. The molecule has 21 heavy (non-hydrogen) atoms. The fourth-order valence-electron chi connectivity index (χ4n) is 2.57. The monoisotopic (exact) mass is 331 g/mol. The van der Waals surface area contributed by atoms with Gasteiger partial charge in [-0.2, -0.15) is 0 Å². The minimum absolute atomic E-state index is 0.208. The second-order valence-corrected chi connectivity index (χ2v) is 7.86. The van der Waals surface area contributed by atoms with Crippen molar-refractivity contribution in [3.05, 3.63) is 29.0 Å². The third kappa shape index (κ3) is 5.54. The van der Waals surface area contributed by atoms with E-state index < -0.39 is 10.0 Å². The van der Waals surface area contributed by atoms with E-state index in [-0.39, 0.29) is 5.75 Å². The van der Waals surface area contributed by atoms with Gasteiger partial charge in [0.2, 0.25) is 10.0 Å². The molecule has 0 saturated carbocycles. The zero-order valence-electron chi connectivity index (χ0n) is 12.3. The first kappa shape index (κ1) is 16.7. The number of sulfonamides is 1. The normalized spacial score (nSPS) is 20.0. The molecule has 1 unspecified atom stereocenters. The van der Waals surface area contributed by atoms with Crippen LogP contribution in [-0.2, 0) is 16.6 Å². The van der Waals surface area contributed by atoms with Crippen molar-refractivity contribution >= 4 is 21.6 Å². The highest BCUT2D eigenvalue weighted by atomic mass is 35.5. The molecule has 0 aliphatic carbocycles. The number of rotatable bonds is 7. The summed E-state index contributed by atoms with van der Waals surface area (Å²) in [6.07, 6.45) is 3.46. The molecule has 0 bridgehead atoms. The number of hydrogen-bond acceptors (Lipinski definition) is 4. The van der Waals surface area contributed by atoms with E-state index in [0.717, 1.165) is 31.6 Å². The first-order valence-electron chi connectivity index (χ1n) is 7.28. The molecule has 7 heteroatoms. The number of nitrogens with zero attached hydrogens (tertiary/aromatic N) is 2. The molecule has 1 aromatic rings. The number of hydrogen-bond donors (Lipinski definition) is 1. The highest BCUT2D eigenvalue weighted by Crippen LogP contribution is 2.18. The highest BCUT2D eigenvalue weighted by molar-refractivity contribution is 7.89. The van der Waals surface area contributed by atoms with Crippen molar-refractivity contribution in [2.24, 2.45) is 5.92 Å². The van der Waals surface area contributed by atoms with Gasteiger partial charge in [-0.1, -0.05) is 24.6 Å². The molecule has 1 atom stereocenters. The molecule has 0 spiro atoms. The third-order valence-corrected chi connectivity index (χ3v) is 5.41. The minimum Gasteiger partial charge on any atom is -0.299 e. The van der Waals surface area contributed by atoms with Crippen LogP contribution in [0.3, 0.4) is 0 Å². The summed E-state index contributed by atoms with van der Waals surface area (Å²) in [5, 5.41) is 0.503. The van der Waals surface area contributed by atoms with E-state index >= 15 is 0 Å². The summed E-state index contributed by atoms with van der Waals surface area (Å²) < 4.78 is 26.0. The summed E-state index contributed by atoms with van der Waals surface area (Å²) in [6, 6.07) is 3.77. The molecule has 0 aromatic carbocycles. The maximum atomic E-state index is 11.6. The van der Waals surface area contributed by atoms with Gasteiger partial charge >= 0.3 is 0 Å². The van der Waals surface area contributed by atoms with E-state index in [9.17, 15) is 8.42 Å². The maximum Gasteiger partial charge on any atom is 0.211 e. The fourth-order valence-corrected chi connectivity index (χ4v) is 3.85. The summed E-state index contributed by atoms with van der Waals surface area (Å²) in [5.74, 6) is 0.594. The van der Waals surface area contributed by atoms with Crippen LogP contribution in [0, 0.1) is 5.92 Å². The molecule has 1 aliphatic rings. The van der Waals surface area contributed by atoms with E-state index in [2.05, 4.69) is 14.6 Å². The Hall–Kier alpha value is -0.690. The van der Waals surface area contributed by atoms with Gasteiger partial charge in [0.15, 0.2) is 0 Å². The van der Waals surface area contributed by atoms with Crippen molar-refractivity contribution in [1.29, 1.82) is 0 Å². The Morgan fingerprint density at radius 1 is 1.48 bits per heavy atom. The van der Waals surface area contributed by atoms with Crippen LogP contribution in [0.5, 0.6) is 0 Å². The van der Waals surface area contributed by atoms with E-state index in [1.165, 1.54) is 0 Å². The smallest absolute Gasteiger partial charge is 0.211 e. The van der Waals surface area contributed by atoms with Crippen LogP contribution in [0.4, 0.5) is 0 Å². The zero-order chi connectivity index (χ0) is 15.3. The summed E-state index contributed by atoms with van der Waals surface area (Å²) >= 11 is 5.77. The Balaban J connectivity index is 1.77. The van der Waals surface area contributed by atoms with Gasteiger partial charge in [-0.15, -0.1) is 0 Å². The number of aromatic nitrogens is 1. The van der Waals surface area contributed by atoms with Gasteiger partial charge in [0.1, 0.15) is 5.15 Å². The fraction of sp³-hybridized carbons (Fsp3) is 0.643. The molecule has 5 nitrogen and oxygen atoms in total. The van der Waals surface area contributed by atoms with Crippen molar-refractivity contribution in [3.63, 3.8) is 0 Å². The lowest BCUT2D eigenvalue weighted by molar-refractivity contribution is 0.316. The van der Waals surface area contributed by atoms with E-state index in [4.69, 9.17) is 11.6 Å². The highest BCUT2D eigenvalue weighted by Gasteiger charge is 2.23. The lowest BCUT2D eigenvalue weighted by Crippen LogP contribution is -2.32. The van der Waals surface area contributed by atoms with Crippen molar-refractivity contribution < 1.29 is 8.42 Å². The number of likely N-dealkylation sites (tertiary alicyclic amines) is 1. The SMILES string of the molecule is CCCS(=O)(=O)NCC1CCN(Cc2ccc(Cl)nc2)C1.